The molecule has 8 atom stereocenters. The maximum atomic E-state index is 2.59. The van der Waals surface area contributed by atoms with Crippen LogP contribution in [0.2, 0.25) is 0 Å². The van der Waals surface area contributed by atoms with E-state index in [1.165, 1.54) is 51.4 Å². The van der Waals surface area contributed by atoms with Gasteiger partial charge in [-0.3, -0.25) is 0 Å². The van der Waals surface area contributed by atoms with Gasteiger partial charge in [0.05, 0.1) is 0 Å². The molecule has 8 unspecified atom stereocenters. The van der Waals surface area contributed by atoms with Crippen LogP contribution in [0.5, 0.6) is 0 Å². The molecule has 0 radical (unpaired) electrons. The quantitative estimate of drug-likeness (QED) is 0.427. The summed E-state index contributed by atoms with van der Waals surface area (Å²) in [6.45, 7) is 9.95. The lowest BCUT2D eigenvalue weighted by molar-refractivity contribution is 0.000458. The van der Waals surface area contributed by atoms with Crippen molar-refractivity contribution < 1.29 is 0 Å². The predicted molar refractivity (Wildman–Crippen MR) is 115 cm³/mol. The van der Waals surface area contributed by atoms with Gasteiger partial charge in [-0.2, -0.15) is 0 Å². The molecule has 3 saturated carbocycles. The number of hydrogen-bond donors (Lipinski definition) is 0. The van der Waals surface area contributed by atoms with E-state index in [4.69, 9.17) is 0 Å². The smallest absolute Gasteiger partial charge is 0.0355 e. The molecule has 0 aromatic carbocycles. The van der Waals surface area contributed by atoms with Crippen LogP contribution in [0.1, 0.15) is 118 Å². The van der Waals surface area contributed by atoms with Gasteiger partial charge in [-0.15, -0.1) is 0 Å². The summed E-state index contributed by atoms with van der Waals surface area (Å²) in [6, 6.07) is 0. The zero-order valence-electron chi connectivity index (χ0n) is 18.5. The lowest BCUT2D eigenvalue weighted by atomic mass is 9.55. The van der Waals surface area contributed by atoms with Crippen LogP contribution in [0.4, 0.5) is 0 Å². The highest BCUT2D eigenvalue weighted by atomic mass is 14.5. The maximum absolute atomic E-state index is 2.59. The Hall–Kier alpha value is 0. The van der Waals surface area contributed by atoms with Crippen LogP contribution in [-0.2, 0) is 0 Å². The fraction of sp³-hybridized carbons (Fsp3) is 1.00. The van der Waals surface area contributed by atoms with Gasteiger partial charge in [-0.05, 0) is 85.9 Å². The normalized spacial score (nSPS) is 42.2. The van der Waals surface area contributed by atoms with Crippen LogP contribution < -0.4 is 0 Å². The Bertz CT molecular complexity index is 399. The summed E-state index contributed by atoms with van der Waals surface area (Å²) < 4.78 is 0. The van der Waals surface area contributed by atoms with E-state index >= 15 is 0 Å². The molecular formula is C26H48. The molecule has 3 aliphatic rings. The Morgan fingerprint density at radius 3 is 2.35 bits per heavy atom. The van der Waals surface area contributed by atoms with Crippen LogP contribution >= 0.6 is 0 Å². The largest absolute Gasteiger partial charge is 0.0654 e. The maximum Gasteiger partial charge on any atom is -0.0355 e. The number of hydrogen-bond acceptors (Lipinski definition) is 0. The first kappa shape index (κ1) is 20.7. The Morgan fingerprint density at radius 2 is 1.58 bits per heavy atom. The zero-order chi connectivity index (χ0) is 18.5. The molecule has 3 aliphatic carbocycles. The molecule has 0 nitrogen and oxygen atoms in total. The van der Waals surface area contributed by atoms with Crippen molar-refractivity contribution >= 4 is 0 Å². The second kappa shape index (κ2) is 9.97. The molecule has 3 rings (SSSR count). The van der Waals surface area contributed by atoms with Crippen molar-refractivity contribution in [3.8, 4) is 0 Å². The molecule has 0 aromatic heterocycles. The molecule has 0 spiro atoms. The van der Waals surface area contributed by atoms with E-state index in [1.54, 1.807) is 38.5 Å². The molecule has 152 valence electrons. The molecular weight excluding hydrogens is 312 g/mol. The van der Waals surface area contributed by atoms with E-state index in [1.807, 2.05) is 0 Å². The van der Waals surface area contributed by atoms with E-state index in [-0.39, 0.29) is 0 Å². The average molecular weight is 361 g/mol. The van der Waals surface area contributed by atoms with Crippen LogP contribution in [0, 0.1) is 47.3 Å². The molecule has 0 heterocycles. The number of fused-ring (bicyclic) bond motifs is 1. The van der Waals surface area contributed by atoms with Crippen molar-refractivity contribution in [3.05, 3.63) is 0 Å². The van der Waals surface area contributed by atoms with Gasteiger partial charge >= 0.3 is 0 Å². The highest BCUT2D eigenvalue weighted by Crippen LogP contribution is 2.53. The molecule has 0 heteroatoms. The Kier molecular flexibility index (Phi) is 7.95. The predicted octanol–water partition coefficient (Wildman–Crippen LogP) is 8.50. The topological polar surface area (TPSA) is 0 Å². The third-order valence-electron chi connectivity index (χ3n) is 9.18. The van der Waals surface area contributed by atoms with Crippen molar-refractivity contribution in [1.82, 2.24) is 0 Å². The van der Waals surface area contributed by atoms with Gasteiger partial charge in [0.1, 0.15) is 0 Å². The van der Waals surface area contributed by atoms with E-state index < -0.39 is 0 Å². The number of rotatable bonds is 7. The Balaban J connectivity index is 1.59. The summed E-state index contributed by atoms with van der Waals surface area (Å²) in [5.41, 5.74) is 0. The summed E-state index contributed by atoms with van der Waals surface area (Å²) in [6.07, 6.45) is 21.3. The minimum atomic E-state index is 0.960. The van der Waals surface area contributed by atoms with Gasteiger partial charge in [0.25, 0.3) is 0 Å². The lowest BCUT2D eigenvalue weighted by Crippen LogP contribution is -2.41. The summed E-state index contributed by atoms with van der Waals surface area (Å²) in [4.78, 5) is 0. The van der Waals surface area contributed by atoms with Gasteiger partial charge in [-0.25, -0.2) is 0 Å². The van der Waals surface area contributed by atoms with Crippen LogP contribution in [0.25, 0.3) is 0 Å². The Labute approximate surface area is 165 Å². The molecule has 0 bridgehead atoms. The van der Waals surface area contributed by atoms with Crippen molar-refractivity contribution in [1.29, 1.82) is 0 Å². The summed E-state index contributed by atoms with van der Waals surface area (Å²) in [5.74, 6) is 8.43. The zero-order valence-corrected chi connectivity index (χ0v) is 18.5. The third kappa shape index (κ3) is 4.88. The fourth-order valence-corrected chi connectivity index (χ4v) is 7.63. The first-order valence-electron chi connectivity index (χ1n) is 12.6. The molecule has 0 saturated heterocycles. The van der Waals surface area contributed by atoms with E-state index in [9.17, 15) is 0 Å². The third-order valence-corrected chi connectivity index (χ3v) is 9.18. The van der Waals surface area contributed by atoms with Crippen molar-refractivity contribution in [2.75, 3.05) is 0 Å². The molecule has 0 aliphatic heterocycles. The van der Waals surface area contributed by atoms with Gasteiger partial charge in [0, 0.05) is 0 Å². The summed E-state index contributed by atoms with van der Waals surface area (Å²) in [7, 11) is 0. The minimum Gasteiger partial charge on any atom is -0.0654 e. The van der Waals surface area contributed by atoms with Crippen LogP contribution in [0.15, 0.2) is 0 Å². The second-order valence-corrected chi connectivity index (χ2v) is 10.8. The first-order valence-corrected chi connectivity index (χ1v) is 12.6. The lowest BCUT2D eigenvalue weighted by Gasteiger charge is -2.50. The molecule has 0 aromatic rings. The monoisotopic (exact) mass is 360 g/mol. The molecule has 3 fully saturated rings. The highest BCUT2D eigenvalue weighted by Gasteiger charge is 2.43. The van der Waals surface area contributed by atoms with E-state index in [2.05, 4.69) is 27.7 Å². The van der Waals surface area contributed by atoms with Gasteiger partial charge in [-0.1, -0.05) is 79.1 Å². The minimum absolute atomic E-state index is 0.960. The van der Waals surface area contributed by atoms with Crippen molar-refractivity contribution in [2.24, 2.45) is 47.3 Å². The van der Waals surface area contributed by atoms with E-state index in [0.29, 0.717) is 0 Å². The highest BCUT2D eigenvalue weighted by molar-refractivity contribution is 4.93. The summed E-state index contributed by atoms with van der Waals surface area (Å²) >= 11 is 0. The standard InChI is InChI=1S/C26H48/c1-5-7-10-19(3)17-26-20(4)13-14-23-18-22(15-16-25(23)26)24-12-9-8-11-21(24)6-2/h19-26H,5-18H2,1-4H3. The Morgan fingerprint density at radius 1 is 0.846 bits per heavy atom. The van der Waals surface area contributed by atoms with Crippen LogP contribution in [-0.4, -0.2) is 0 Å². The molecule has 0 amide bonds. The molecule has 26 heavy (non-hydrogen) atoms. The first-order chi connectivity index (χ1) is 12.6. The van der Waals surface area contributed by atoms with Crippen LogP contribution in [0.3, 0.4) is 0 Å². The average Bonchev–Trinajstić information content (AvgIpc) is 2.68. The fourth-order valence-electron chi connectivity index (χ4n) is 7.63. The number of unbranched alkanes of at least 4 members (excludes halogenated alkanes) is 1. The van der Waals surface area contributed by atoms with E-state index in [0.717, 1.165) is 47.3 Å². The molecule has 0 N–H and O–H groups in total. The SMILES string of the molecule is CCCCC(C)CC1C(C)CCC2CC(C3CCCCC3CC)CCC21. The summed E-state index contributed by atoms with van der Waals surface area (Å²) in [5, 5.41) is 0. The second-order valence-electron chi connectivity index (χ2n) is 10.8. The van der Waals surface area contributed by atoms with Gasteiger partial charge in [0.15, 0.2) is 0 Å². The van der Waals surface area contributed by atoms with Crippen molar-refractivity contribution in [3.63, 3.8) is 0 Å². The van der Waals surface area contributed by atoms with Crippen molar-refractivity contribution in [2.45, 2.75) is 118 Å². The van der Waals surface area contributed by atoms with Gasteiger partial charge < -0.3 is 0 Å². The van der Waals surface area contributed by atoms with Gasteiger partial charge in [0.2, 0.25) is 0 Å².